The number of aliphatic imine (C=N–C) groups is 1. The van der Waals surface area contributed by atoms with E-state index in [1.807, 2.05) is 0 Å². The Kier molecular flexibility index (Phi) is 6.58. The van der Waals surface area contributed by atoms with Crippen LogP contribution in [-0.4, -0.2) is 68.5 Å². The van der Waals surface area contributed by atoms with Gasteiger partial charge in [0.05, 0.1) is 5.54 Å². The fraction of sp³-hybridized carbons (Fsp3) is 0.333. The van der Waals surface area contributed by atoms with Gasteiger partial charge < -0.3 is 15.7 Å². The lowest BCUT2D eigenvalue weighted by Gasteiger charge is -2.38. The summed E-state index contributed by atoms with van der Waals surface area (Å²) in [6.45, 7) is 3.27. The molecule has 10 nitrogen and oxygen atoms in total. The maximum Gasteiger partial charge on any atom is 0.272 e. The van der Waals surface area contributed by atoms with Gasteiger partial charge in [-0.3, -0.25) is 24.3 Å². The second kappa shape index (κ2) is 9.18. The van der Waals surface area contributed by atoms with Crippen LogP contribution in [0.3, 0.4) is 0 Å². The fourth-order valence-electron chi connectivity index (χ4n) is 3.23. The first-order valence-electron chi connectivity index (χ1n) is 9.76. The van der Waals surface area contributed by atoms with Crippen molar-refractivity contribution in [2.75, 3.05) is 7.05 Å². The predicted octanol–water partition coefficient (Wildman–Crippen LogP) is 0.0405. The molecule has 11 heteroatoms. The quantitative estimate of drug-likeness (QED) is 0.578. The summed E-state index contributed by atoms with van der Waals surface area (Å²) in [5, 5.41) is 23.0. The van der Waals surface area contributed by atoms with Gasteiger partial charge in [0.15, 0.2) is 17.8 Å². The molecule has 3 amide bonds. The summed E-state index contributed by atoms with van der Waals surface area (Å²) in [7, 11) is 1.40. The number of halogens is 1. The fourth-order valence-corrected chi connectivity index (χ4v) is 3.23. The van der Waals surface area contributed by atoms with E-state index in [9.17, 15) is 23.9 Å². The monoisotopic (exact) mass is 442 g/mol. The van der Waals surface area contributed by atoms with E-state index in [-0.39, 0.29) is 18.1 Å². The van der Waals surface area contributed by atoms with Crippen molar-refractivity contribution in [3.05, 3.63) is 59.7 Å². The molecular weight excluding hydrogens is 419 g/mol. The van der Waals surface area contributed by atoms with Crippen LogP contribution in [0.25, 0.3) is 0 Å². The summed E-state index contributed by atoms with van der Waals surface area (Å²) < 4.78 is 13.0. The normalized spacial score (nSPS) is 18.7. The molecule has 0 spiro atoms. The van der Waals surface area contributed by atoms with Crippen LogP contribution >= 0.6 is 0 Å². The Balaban J connectivity index is 1.79. The molecule has 2 unspecified atom stereocenters. The van der Waals surface area contributed by atoms with E-state index in [1.54, 1.807) is 19.9 Å². The van der Waals surface area contributed by atoms with E-state index >= 15 is 0 Å². The zero-order chi connectivity index (χ0) is 23.5. The van der Waals surface area contributed by atoms with Crippen LogP contribution in [0.15, 0.2) is 47.6 Å². The molecule has 2 aromatic rings. The largest absolute Gasteiger partial charge is 0.380 e. The van der Waals surface area contributed by atoms with Gasteiger partial charge in [0.1, 0.15) is 11.7 Å². The number of benzene rings is 1. The van der Waals surface area contributed by atoms with Crippen LogP contribution in [0.1, 0.15) is 29.9 Å². The molecule has 0 fully saturated rings. The van der Waals surface area contributed by atoms with Crippen LogP contribution in [-0.2, 0) is 16.1 Å². The van der Waals surface area contributed by atoms with Gasteiger partial charge in [-0.05, 0) is 43.7 Å². The summed E-state index contributed by atoms with van der Waals surface area (Å²) in [6, 6.07) is 7.15. The molecule has 1 aliphatic rings. The van der Waals surface area contributed by atoms with Gasteiger partial charge in [0.25, 0.3) is 11.8 Å². The number of rotatable bonds is 6. The van der Waals surface area contributed by atoms with Gasteiger partial charge in [-0.15, -0.1) is 5.10 Å². The Hall–Kier alpha value is -3.73. The van der Waals surface area contributed by atoms with Crippen molar-refractivity contribution in [1.29, 1.82) is 0 Å². The number of carbonyl (C=O) groups is 3. The smallest absolute Gasteiger partial charge is 0.272 e. The summed E-state index contributed by atoms with van der Waals surface area (Å²) >= 11 is 0. The molecule has 0 aliphatic carbocycles. The third-order valence-corrected chi connectivity index (χ3v) is 4.90. The highest BCUT2D eigenvalue weighted by Crippen LogP contribution is 2.20. The highest BCUT2D eigenvalue weighted by molar-refractivity contribution is 6.10. The summed E-state index contributed by atoms with van der Waals surface area (Å²) in [4.78, 5) is 43.2. The topological polar surface area (TPSA) is 137 Å². The minimum Gasteiger partial charge on any atom is -0.380 e. The van der Waals surface area contributed by atoms with Gasteiger partial charge in [-0.1, -0.05) is 12.1 Å². The zero-order valence-electron chi connectivity index (χ0n) is 17.7. The SMILES string of the molecule is CN1C(=O)C(O)C(C(=O)NCc2ccc(F)cc2)N=C1C(C)(C)NC(=O)c1cccnn1. The Bertz CT molecular complexity index is 1040. The van der Waals surface area contributed by atoms with Crippen LogP contribution in [0.5, 0.6) is 0 Å². The number of nitrogens with one attached hydrogen (secondary N) is 2. The maximum atomic E-state index is 13.0. The number of hydrogen-bond donors (Lipinski definition) is 3. The number of aromatic nitrogens is 2. The lowest BCUT2D eigenvalue weighted by Crippen LogP contribution is -2.63. The molecule has 2 atom stereocenters. The lowest BCUT2D eigenvalue weighted by atomic mass is 9.97. The summed E-state index contributed by atoms with van der Waals surface area (Å²) in [5.74, 6) is -2.28. The molecule has 3 N–H and O–H groups in total. The van der Waals surface area contributed by atoms with E-state index in [2.05, 4.69) is 25.8 Å². The molecule has 1 aliphatic heterocycles. The highest BCUT2D eigenvalue weighted by Gasteiger charge is 2.44. The van der Waals surface area contributed by atoms with Gasteiger partial charge >= 0.3 is 0 Å². The maximum absolute atomic E-state index is 13.0. The van der Waals surface area contributed by atoms with Gasteiger partial charge in [-0.2, -0.15) is 5.10 Å². The highest BCUT2D eigenvalue weighted by atomic mass is 19.1. The number of amidine groups is 1. The minimum absolute atomic E-state index is 0.0595. The van der Waals surface area contributed by atoms with Crippen LogP contribution in [0.2, 0.25) is 0 Å². The molecule has 168 valence electrons. The van der Waals surface area contributed by atoms with Crippen LogP contribution < -0.4 is 10.6 Å². The van der Waals surface area contributed by atoms with Crippen LogP contribution in [0, 0.1) is 5.82 Å². The second-order valence-corrected chi connectivity index (χ2v) is 7.77. The van der Waals surface area contributed by atoms with Crippen molar-refractivity contribution in [2.24, 2.45) is 4.99 Å². The summed E-state index contributed by atoms with van der Waals surface area (Å²) in [6.07, 6.45) is -0.265. The van der Waals surface area contributed by atoms with Crippen molar-refractivity contribution in [2.45, 2.75) is 38.1 Å². The third-order valence-electron chi connectivity index (χ3n) is 4.90. The van der Waals surface area contributed by atoms with Gasteiger partial charge in [0, 0.05) is 19.8 Å². The number of likely N-dealkylation sites (N-methyl/N-ethyl adjacent to an activating group) is 1. The number of carbonyl (C=O) groups excluding carboxylic acids is 3. The third kappa shape index (κ3) is 4.94. The molecule has 0 radical (unpaired) electrons. The molecule has 2 heterocycles. The number of hydrogen-bond acceptors (Lipinski definition) is 7. The predicted molar refractivity (Wildman–Crippen MR) is 112 cm³/mol. The molecule has 3 rings (SSSR count). The molecular formula is C21H23FN6O4. The average molecular weight is 442 g/mol. The molecule has 32 heavy (non-hydrogen) atoms. The van der Waals surface area contributed by atoms with Crippen molar-refractivity contribution in [3.8, 4) is 0 Å². The van der Waals surface area contributed by atoms with E-state index < -0.39 is 41.2 Å². The Morgan fingerprint density at radius 2 is 1.91 bits per heavy atom. The number of amides is 3. The number of aliphatic hydroxyl groups is 1. The average Bonchev–Trinajstić information content (AvgIpc) is 2.77. The Labute approximate surface area is 183 Å². The number of aliphatic hydroxyl groups excluding tert-OH is 1. The Morgan fingerprint density at radius 1 is 1.22 bits per heavy atom. The molecule has 0 saturated heterocycles. The van der Waals surface area contributed by atoms with Gasteiger partial charge in [0.2, 0.25) is 5.91 Å². The van der Waals surface area contributed by atoms with E-state index in [1.165, 1.54) is 43.6 Å². The van der Waals surface area contributed by atoms with E-state index in [4.69, 9.17) is 0 Å². The molecule has 1 aromatic carbocycles. The van der Waals surface area contributed by atoms with Gasteiger partial charge in [-0.25, -0.2) is 4.39 Å². The zero-order valence-corrected chi connectivity index (χ0v) is 17.7. The lowest BCUT2D eigenvalue weighted by molar-refractivity contribution is -0.142. The first-order valence-corrected chi connectivity index (χ1v) is 9.76. The van der Waals surface area contributed by atoms with Crippen molar-refractivity contribution < 1.29 is 23.9 Å². The first kappa shape index (κ1) is 22.9. The van der Waals surface area contributed by atoms with E-state index in [0.717, 1.165) is 4.90 Å². The van der Waals surface area contributed by atoms with Crippen molar-refractivity contribution >= 4 is 23.6 Å². The van der Waals surface area contributed by atoms with Crippen molar-refractivity contribution in [3.63, 3.8) is 0 Å². The number of nitrogens with zero attached hydrogens (tertiary/aromatic N) is 4. The van der Waals surface area contributed by atoms with Crippen LogP contribution in [0.4, 0.5) is 4.39 Å². The second-order valence-electron chi connectivity index (χ2n) is 7.77. The molecule has 0 bridgehead atoms. The van der Waals surface area contributed by atoms with E-state index in [0.29, 0.717) is 5.56 Å². The summed E-state index contributed by atoms with van der Waals surface area (Å²) in [5.41, 5.74) is -0.483. The van der Waals surface area contributed by atoms with Crippen molar-refractivity contribution in [1.82, 2.24) is 25.7 Å². The minimum atomic E-state index is -1.69. The molecule has 1 aromatic heterocycles. The first-order chi connectivity index (χ1) is 15.1. The Morgan fingerprint density at radius 3 is 2.53 bits per heavy atom. The molecule has 0 saturated carbocycles. The standard InChI is InChI=1S/C21H23FN6O4/c1-21(2,26-17(30)14-5-4-10-24-27-14)20-25-15(16(29)19(32)28(20)3)18(31)23-11-12-6-8-13(22)9-7-12/h4-10,15-16,29H,11H2,1-3H3,(H,23,31)(H,26,30).